The first-order valence-corrected chi connectivity index (χ1v) is 6.55. The molecule has 104 valence electrons. The Labute approximate surface area is 112 Å². The number of rotatable bonds is 4. The van der Waals surface area contributed by atoms with Crippen molar-refractivity contribution in [1.82, 2.24) is 5.32 Å². The zero-order valence-electron chi connectivity index (χ0n) is 11.0. The molecule has 0 radical (unpaired) electrons. The maximum atomic E-state index is 13.0. The van der Waals surface area contributed by atoms with E-state index in [0.29, 0.717) is 5.69 Å². The Morgan fingerprint density at radius 1 is 1.58 bits per heavy atom. The van der Waals surface area contributed by atoms with Crippen LogP contribution < -0.4 is 10.6 Å². The monoisotopic (exact) mass is 266 g/mol. The highest BCUT2D eigenvalue weighted by Gasteiger charge is 2.22. The van der Waals surface area contributed by atoms with Crippen LogP contribution in [0.4, 0.5) is 10.1 Å². The van der Waals surface area contributed by atoms with Gasteiger partial charge in [0.2, 0.25) is 5.91 Å². The molecular formula is C14H19FN2O2. The highest BCUT2D eigenvalue weighted by atomic mass is 19.1. The zero-order valence-corrected chi connectivity index (χ0v) is 11.0. The van der Waals surface area contributed by atoms with E-state index >= 15 is 0 Å². The average Bonchev–Trinajstić information content (AvgIpc) is 2.38. The van der Waals surface area contributed by atoms with Gasteiger partial charge in [0.15, 0.2) is 0 Å². The Kier molecular flexibility index (Phi) is 4.87. The average molecular weight is 266 g/mol. The van der Waals surface area contributed by atoms with Crippen LogP contribution in [0.2, 0.25) is 0 Å². The molecule has 0 aliphatic carbocycles. The van der Waals surface area contributed by atoms with Gasteiger partial charge in [0.25, 0.3) is 0 Å². The number of carbonyl (C=O) groups excluding carboxylic acids is 1. The third kappa shape index (κ3) is 4.29. The molecule has 1 heterocycles. The first-order chi connectivity index (χ1) is 9.15. The quantitative estimate of drug-likeness (QED) is 0.875. The first-order valence-electron chi connectivity index (χ1n) is 6.55. The first kappa shape index (κ1) is 14.0. The van der Waals surface area contributed by atoms with Crippen LogP contribution in [0.15, 0.2) is 24.3 Å². The fraction of sp³-hybridized carbons (Fsp3) is 0.500. The molecule has 2 atom stereocenters. The fourth-order valence-corrected chi connectivity index (χ4v) is 2.19. The summed E-state index contributed by atoms with van der Waals surface area (Å²) in [7, 11) is 0. The molecule has 0 spiro atoms. The van der Waals surface area contributed by atoms with Crippen molar-refractivity contribution in [2.24, 2.45) is 0 Å². The molecule has 2 rings (SSSR count). The van der Waals surface area contributed by atoms with Crippen LogP contribution in [-0.2, 0) is 9.53 Å². The molecule has 4 nitrogen and oxygen atoms in total. The second-order valence-corrected chi connectivity index (χ2v) is 4.79. The minimum atomic E-state index is -0.371. The SMILES string of the molecule is CC1NCCCC1OCC(=O)Nc1cccc(F)c1. The molecule has 19 heavy (non-hydrogen) atoms. The highest BCUT2D eigenvalue weighted by molar-refractivity contribution is 5.91. The Hall–Kier alpha value is -1.46. The number of anilines is 1. The number of carbonyl (C=O) groups is 1. The molecule has 1 aromatic carbocycles. The van der Waals surface area contributed by atoms with Gasteiger partial charge in [-0.2, -0.15) is 0 Å². The molecular weight excluding hydrogens is 247 g/mol. The zero-order chi connectivity index (χ0) is 13.7. The standard InChI is InChI=1S/C14H19FN2O2/c1-10-13(6-3-7-16-10)19-9-14(18)17-12-5-2-4-11(15)8-12/h2,4-5,8,10,13,16H,3,6-7,9H2,1H3,(H,17,18). The molecule has 2 unspecified atom stereocenters. The molecule has 1 fully saturated rings. The lowest BCUT2D eigenvalue weighted by Gasteiger charge is -2.29. The summed E-state index contributed by atoms with van der Waals surface area (Å²) >= 11 is 0. The van der Waals surface area contributed by atoms with Gasteiger partial charge < -0.3 is 15.4 Å². The molecule has 1 aliphatic heterocycles. The lowest BCUT2D eigenvalue weighted by Crippen LogP contribution is -2.44. The Balaban J connectivity index is 1.78. The summed E-state index contributed by atoms with van der Waals surface area (Å²) < 4.78 is 18.5. The second-order valence-electron chi connectivity index (χ2n) is 4.79. The predicted octanol–water partition coefficient (Wildman–Crippen LogP) is 1.92. The van der Waals surface area contributed by atoms with Crippen molar-refractivity contribution in [3.63, 3.8) is 0 Å². The summed E-state index contributed by atoms with van der Waals surface area (Å²) in [6.07, 6.45) is 2.08. The fourth-order valence-electron chi connectivity index (χ4n) is 2.19. The molecule has 2 N–H and O–H groups in total. The van der Waals surface area contributed by atoms with Gasteiger partial charge in [-0.15, -0.1) is 0 Å². The van der Waals surface area contributed by atoms with E-state index in [1.807, 2.05) is 6.92 Å². The smallest absolute Gasteiger partial charge is 0.250 e. The maximum Gasteiger partial charge on any atom is 0.250 e. The number of amides is 1. The van der Waals surface area contributed by atoms with Crippen LogP contribution in [0.1, 0.15) is 19.8 Å². The number of halogens is 1. The summed E-state index contributed by atoms with van der Waals surface area (Å²) in [4.78, 5) is 11.7. The van der Waals surface area contributed by atoms with E-state index in [-0.39, 0.29) is 30.5 Å². The highest BCUT2D eigenvalue weighted by Crippen LogP contribution is 2.13. The van der Waals surface area contributed by atoms with Crippen molar-refractivity contribution >= 4 is 11.6 Å². The Bertz CT molecular complexity index is 439. The molecule has 0 aromatic heterocycles. The number of piperidine rings is 1. The van der Waals surface area contributed by atoms with Gasteiger partial charge in [-0.05, 0) is 44.5 Å². The van der Waals surface area contributed by atoms with Crippen LogP contribution in [0, 0.1) is 5.82 Å². The van der Waals surface area contributed by atoms with Crippen LogP contribution in [0.25, 0.3) is 0 Å². The van der Waals surface area contributed by atoms with Gasteiger partial charge in [0.1, 0.15) is 12.4 Å². The third-order valence-corrected chi connectivity index (χ3v) is 3.23. The van der Waals surface area contributed by atoms with E-state index in [0.717, 1.165) is 19.4 Å². The lowest BCUT2D eigenvalue weighted by molar-refractivity contribution is -0.123. The van der Waals surface area contributed by atoms with Crippen molar-refractivity contribution in [2.75, 3.05) is 18.5 Å². The Morgan fingerprint density at radius 3 is 3.16 bits per heavy atom. The molecule has 5 heteroatoms. The van der Waals surface area contributed by atoms with E-state index in [1.54, 1.807) is 12.1 Å². The number of ether oxygens (including phenoxy) is 1. The summed E-state index contributed by atoms with van der Waals surface area (Å²) in [6, 6.07) is 6.07. The largest absolute Gasteiger partial charge is 0.367 e. The third-order valence-electron chi connectivity index (χ3n) is 3.23. The van der Waals surface area contributed by atoms with Crippen molar-refractivity contribution in [1.29, 1.82) is 0 Å². The summed E-state index contributed by atoms with van der Waals surface area (Å²) in [5.41, 5.74) is 0.448. The van der Waals surface area contributed by atoms with Crippen LogP contribution in [0.5, 0.6) is 0 Å². The van der Waals surface area contributed by atoms with E-state index in [1.165, 1.54) is 12.1 Å². The molecule has 0 bridgehead atoms. The van der Waals surface area contributed by atoms with Crippen LogP contribution in [0.3, 0.4) is 0 Å². The van der Waals surface area contributed by atoms with Gasteiger partial charge in [-0.25, -0.2) is 4.39 Å². The summed E-state index contributed by atoms with van der Waals surface area (Å²) in [5.74, 6) is -0.632. The van der Waals surface area contributed by atoms with Gasteiger partial charge in [0, 0.05) is 11.7 Å². The van der Waals surface area contributed by atoms with Crippen LogP contribution >= 0.6 is 0 Å². The summed E-state index contributed by atoms with van der Waals surface area (Å²) in [6.45, 7) is 3.04. The second kappa shape index (κ2) is 6.63. The van der Waals surface area contributed by atoms with Gasteiger partial charge in [0.05, 0.1) is 6.10 Å². The van der Waals surface area contributed by atoms with Crippen LogP contribution in [-0.4, -0.2) is 31.2 Å². The molecule has 1 saturated heterocycles. The van der Waals surface area contributed by atoms with Gasteiger partial charge >= 0.3 is 0 Å². The number of benzene rings is 1. The predicted molar refractivity (Wildman–Crippen MR) is 71.5 cm³/mol. The van der Waals surface area contributed by atoms with E-state index in [2.05, 4.69) is 10.6 Å². The Morgan fingerprint density at radius 2 is 2.42 bits per heavy atom. The van der Waals surface area contributed by atoms with Gasteiger partial charge in [-0.3, -0.25) is 4.79 Å². The molecule has 1 amide bonds. The van der Waals surface area contributed by atoms with Crippen molar-refractivity contribution in [3.8, 4) is 0 Å². The van der Waals surface area contributed by atoms with E-state index < -0.39 is 0 Å². The minimum Gasteiger partial charge on any atom is -0.367 e. The van der Waals surface area contributed by atoms with Crippen molar-refractivity contribution in [2.45, 2.75) is 31.9 Å². The minimum absolute atomic E-state index is 0.00675. The van der Waals surface area contributed by atoms with Gasteiger partial charge in [-0.1, -0.05) is 6.07 Å². The number of hydrogen-bond acceptors (Lipinski definition) is 3. The molecule has 1 aromatic rings. The topological polar surface area (TPSA) is 50.4 Å². The summed E-state index contributed by atoms with van der Waals surface area (Å²) in [5, 5.41) is 5.92. The lowest BCUT2D eigenvalue weighted by atomic mass is 10.0. The maximum absolute atomic E-state index is 13.0. The normalized spacial score (nSPS) is 23.1. The van der Waals surface area contributed by atoms with E-state index in [4.69, 9.17) is 4.74 Å². The number of hydrogen-bond donors (Lipinski definition) is 2. The number of nitrogens with one attached hydrogen (secondary N) is 2. The van der Waals surface area contributed by atoms with E-state index in [9.17, 15) is 9.18 Å². The van der Waals surface area contributed by atoms with Crippen molar-refractivity contribution < 1.29 is 13.9 Å². The molecule has 0 saturated carbocycles. The molecule has 1 aliphatic rings. The van der Waals surface area contributed by atoms with Crippen molar-refractivity contribution in [3.05, 3.63) is 30.1 Å².